The maximum absolute atomic E-state index is 13.0. The average molecular weight is 412 g/mol. The first-order chi connectivity index (χ1) is 13.3. The summed E-state index contributed by atoms with van der Waals surface area (Å²) in [7, 11) is -3.62. The van der Waals surface area contributed by atoms with Gasteiger partial charge >= 0.3 is 0 Å². The number of nitrogens with zero attached hydrogens (tertiary/aromatic N) is 2. The number of hydrogen-bond acceptors (Lipinski definition) is 6. The van der Waals surface area contributed by atoms with E-state index in [0.29, 0.717) is 57.3 Å². The smallest absolute Gasteiger partial charge is 0.243 e. The minimum absolute atomic E-state index is 0.0913. The third kappa shape index (κ3) is 4.72. The van der Waals surface area contributed by atoms with Crippen LogP contribution in [0.4, 0.5) is 5.69 Å². The Bertz CT molecular complexity index is 808. The van der Waals surface area contributed by atoms with Crippen molar-refractivity contribution in [3.63, 3.8) is 0 Å². The van der Waals surface area contributed by atoms with E-state index in [9.17, 15) is 13.2 Å². The summed E-state index contributed by atoms with van der Waals surface area (Å²) in [6.07, 6.45) is 0.0913. The van der Waals surface area contributed by atoms with Crippen molar-refractivity contribution in [3.05, 3.63) is 23.8 Å². The summed E-state index contributed by atoms with van der Waals surface area (Å²) >= 11 is 0. The number of nitrogens with one attached hydrogen (secondary N) is 1. The Morgan fingerprint density at radius 3 is 2.61 bits per heavy atom. The summed E-state index contributed by atoms with van der Waals surface area (Å²) in [5.74, 6) is -0.160. The van der Waals surface area contributed by atoms with Crippen LogP contribution in [0.15, 0.2) is 23.1 Å². The van der Waals surface area contributed by atoms with E-state index in [1.165, 1.54) is 4.31 Å². The summed E-state index contributed by atoms with van der Waals surface area (Å²) < 4.78 is 38.2. The van der Waals surface area contributed by atoms with Gasteiger partial charge in [0.15, 0.2) is 0 Å². The Morgan fingerprint density at radius 2 is 1.93 bits per heavy atom. The van der Waals surface area contributed by atoms with Gasteiger partial charge in [-0.1, -0.05) is 6.07 Å². The molecule has 2 fully saturated rings. The molecular formula is C19H29N3O5S. The van der Waals surface area contributed by atoms with Gasteiger partial charge in [-0.2, -0.15) is 4.31 Å². The number of morpholine rings is 2. The highest BCUT2D eigenvalue weighted by Crippen LogP contribution is 2.24. The molecule has 0 spiro atoms. The number of anilines is 1. The Labute approximate surface area is 166 Å². The molecule has 2 saturated heterocycles. The minimum Gasteiger partial charge on any atom is -0.379 e. The van der Waals surface area contributed by atoms with Crippen molar-refractivity contribution in [2.24, 2.45) is 0 Å². The van der Waals surface area contributed by atoms with Gasteiger partial charge in [0.1, 0.15) is 0 Å². The number of aryl methyl sites for hydroxylation is 1. The number of amides is 1. The van der Waals surface area contributed by atoms with Crippen LogP contribution in [0.25, 0.3) is 0 Å². The third-order valence-electron chi connectivity index (χ3n) is 5.24. The lowest BCUT2D eigenvalue weighted by Gasteiger charge is -2.34. The molecule has 9 heteroatoms. The molecule has 0 aliphatic carbocycles. The molecule has 2 heterocycles. The first kappa shape index (κ1) is 21.2. The molecule has 0 aromatic heterocycles. The largest absolute Gasteiger partial charge is 0.379 e. The zero-order valence-electron chi connectivity index (χ0n) is 16.7. The minimum atomic E-state index is -3.62. The second-order valence-electron chi connectivity index (χ2n) is 7.34. The molecule has 1 N–H and O–H groups in total. The van der Waals surface area contributed by atoms with Crippen LogP contribution in [0, 0.1) is 6.92 Å². The Kier molecular flexibility index (Phi) is 6.72. The molecule has 156 valence electrons. The first-order valence-electron chi connectivity index (χ1n) is 9.64. The molecule has 28 heavy (non-hydrogen) atoms. The first-order valence-corrected chi connectivity index (χ1v) is 11.1. The van der Waals surface area contributed by atoms with Gasteiger partial charge in [0.2, 0.25) is 15.9 Å². The van der Waals surface area contributed by atoms with Crippen molar-refractivity contribution in [2.45, 2.75) is 37.8 Å². The molecule has 2 aliphatic rings. The number of sulfonamides is 1. The summed E-state index contributed by atoms with van der Waals surface area (Å²) in [5.41, 5.74) is 1.13. The van der Waals surface area contributed by atoms with Gasteiger partial charge in [-0.15, -0.1) is 0 Å². The van der Waals surface area contributed by atoms with Crippen LogP contribution in [0.2, 0.25) is 0 Å². The van der Waals surface area contributed by atoms with Crippen molar-refractivity contribution in [1.29, 1.82) is 0 Å². The van der Waals surface area contributed by atoms with E-state index in [-0.39, 0.29) is 22.9 Å². The highest BCUT2D eigenvalue weighted by Gasteiger charge is 2.29. The lowest BCUT2D eigenvalue weighted by molar-refractivity contribution is -0.123. The molecule has 0 unspecified atom stereocenters. The van der Waals surface area contributed by atoms with E-state index >= 15 is 0 Å². The van der Waals surface area contributed by atoms with Gasteiger partial charge in [-0.3, -0.25) is 9.69 Å². The lowest BCUT2D eigenvalue weighted by Crippen LogP contribution is -2.50. The number of carbonyl (C=O) groups excluding carboxylic acids is 1. The van der Waals surface area contributed by atoms with Crippen LogP contribution in [-0.2, 0) is 24.3 Å². The number of benzene rings is 1. The number of rotatable bonds is 5. The molecule has 0 bridgehead atoms. The van der Waals surface area contributed by atoms with Crippen LogP contribution in [0.5, 0.6) is 0 Å². The van der Waals surface area contributed by atoms with Crippen molar-refractivity contribution in [2.75, 3.05) is 51.3 Å². The topological polar surface area (TPSA) is 88.2 Å². The molecule has 1 aromatic rings. The van der Waals surface area contributed by atoms with Gasteiger partial charge in [-0.25, -0.2) is 8.42 Å². The fourth-order valence-electron chi connectivity index (χ4n) is 3.49. The fourth-order valence-corrected chi connectivity index (χ4v) is 5.15. The summed E-state index contributed by atoms with van der Waals surface area (Å²) in [5, 5.41) is 2.87. The van der Waals surface area contributed by atoms with E-state index < -0.39 is 10.0 Å². The molecule has 8 nitrogen and oxygen atoms in total. The molecule has 2 aliphatic heterocycles. The second kappa shape index (κ2) is 8.87. The van der Waals surface area contributed by atoms with Crippen molar-refractivity contribution in [1.82, 2.24) is 9.21 Å². The van der Waals surface area contributed by atoms with E-state index in [1.54, 1.807) is 25.1 Å². The standard InChI is InChI=1S/C19H29N3O5S/c1-14-4-5-17(12-18(14)28(24,25)22-7-9-26-10-8-22)20-19(23)16(3)21-6-11-27-15(2)13-21/h4-5,12,15-16H,6-11,13H2,1-3H3,(H,20,23)/t15-,16+/m0/s1. The highest BCUT2D eigenvalue weighted by atomic mass is 32.2. The van der Waals surface area contributed by atoms with Gasteiger partial charge in [0.25, 0.3) is 0 Å². The molecular weight excluding hydrogens is 382 g/mol. The molecule has 3 rings (SSSR count). The van der Waals surface area contributed by atoms with Gasteiger partial charge in [0.05, 0.1) is 36.9 Å². The normalized spacial score (nSPS) is 23.3. The zero-order valence-corrected chi connectivity index (χ0v) is 17.5. The molecule has 0 radical (unpaired) electrons. The zero-order chi connectivity index (χ0) is 20.3. The molecule has 0 saturated carbocycles. The molecule has 2 atom stereocenters. The van der Waals surface area contributed by atoms with Gasteiger partial charge < -0.3 is 14.8 Å². The SMILES string of the molecule is Cc1ccc(NC(=O)[C@@H](C)N2CCO[C@@H](C)C2)cc1S(=O)(=O)N1CCOCC1. The Hall–Kier alpha value is -1.52. The van der Waals surface area contributed by atoms with Crippen LogP contribution >= 0.6 is 0 Å². The highest BCUT2D eigenvalue weighted by molar-refractivity contribution is 7.89. The van der Waals surface area contributed by atoms with E-state index in [2.05, 4.69) is 10.2 Å². The van der Waals surface area contributed by atoms with Crippen LogP contribution in [0.3, 0.4) is 0 Å². The Balaban J connectivity index is 1.74. The quantitative estimate of drug-likeness (QED) is 0.780. The molecule has 1 amide bonds. The summed E-state index contributed by atoms with van der Waals surface area (Å²) in [6, 6.07) is 4.68. The monoisotopic (exact) mass is 411 g/mol. The Morgan fingerprint density at radius 1 is 1.21 bits per heavy atom. The third-order valence-corrected chi connectivity index (χ3v) is 7.28. The fraction of sp³-hybridized carbons (Fsp3) is 0.632. The van der Waals surface area contributed by atoms with Crippen LogP contribution in [-0.4, -0.2) is 81.7 Å². The van der Waals surface area contributed by atoms with Crippen molar-refractivity contribution < 1.29 is 22.7 Å². The summed E-state index contributed by atoms with van der Waals surface area (Å²) in [4.78, 5) is 15.0. The molecule has 1 aromatic carbocycles. The van der Waals surface area contributed by atoms with E-state index in [0.717, 1.165) is 0 Å². The van der Waals surface area contributed by atoms with Crippen molar-refractivity contribution >= 4 is 21.6 Å². The predicted octanol–water partition coefficient (Wildman–Crippen LogP) is 1.06. The van der Waals surface area contributed by atoms with Gasteiger partial charge in [-0.05, 0) is 38.5 Å². The predicted molar refractivity (Wildman–Crippen MR) is 106 cm³/mol. The average Bonchev–Trinajstić information content (AvgIpc) is 2.69. The number of hydrogen-bond donors (Lipinski definition) is 1. The van der Waals surface area contributed by atoms with E-state index in [4.69, 9.17) is 9.47 Å². The maximum Gasteiger partial charge on any atom is 0.243 e. The van der Waals surface area contributed by atoms with Crippen LogP contribution < -0.4 is 5.32 Å². The van der Waals surface area contributed by atoms with Crippen molar-refractivity contribution in [3.8, 4) is 0 Å². The summed E-state index contributed by atoms with van der Waals surface area (Å²) in [6.45, 7) is 9.06. The van der Waals surface area contributed by atoms with Gasteiger partial charge in [0, 0.05) is 31.9 Å². The number of carbonyl (C=O) groups is 1. The van der Waals surface area contributed by atoms with Crippen LogP contribution in [0.1, 0.15) is 19.4 Å². The lowest BCUT2D eigenvalue weighted by atomic mass is 10.2. The maximum atomic E-state index is 13.0. The van der Waals surface area contributed by atoms with E-state index in [1.807, 2.05) is 13.8 Å². The number of ether oxygens (including phenoxy) is 2. The second-order valence-corrected chi connectivity index (χ2v) is 9.24.